The summed E-state index contributed by atoms with van der Waals surface area (Å²) >= 11 is 1.94. The van der Waals surface area contributed by atoms with Gasteiger partial charge in [0.2, 0.25) is 5.95 Å². The summed E-state index contributed by atoms with van der Waals surface area (Å²) in [6.45, 7) is 0. The van der Waals surface area contributed by atoms with E-state index in [1.165, 1.54) is 37.0 Å². The summed E-state index contributed by atoms with van der Waals surface area (Å²) in [6.07, 6.45) is 6.62. The Morgan fingerprint density at radius 2 is 1.74 bits per heavy atom. The third kappa shape index (κ3) is 3.57. The van der Waals surface area contributed by atoms with E-state index in [0.717, 1.165) is 10.8 Å². The lowest BCUT2D eigenvalue weighted by Gasteiger charge is -2.20. The quantitative estimate of drug-likeness (QED) is 0.894. The van der Waals surface area contributed by atoms with Crippen LogP contribution in [0.15, 0.2) is 29.2 Å². The monoisotopic (exact) mass is 325 g/mol. The average molecular weight is 325 g/mol. The van der Waals surface area contributed by atoms with Crippen molar-refractivity contribution in [3.05, 3.63) is 29.8 Å². The SMILES string of the molecule is N#Cc1c(N)nc(N)nc1-c1ccc(SC2CCCCC2)cc1. The van der Waals surface area contributed by atoms with Gasteiger partial charge in [0.25, 0.3) is 0 Å². The van der Waals surface area contributed by atoms with Gasteiger partial charge >= 0.3 is 0 Å². The molecule has 3 rings (SSSR count). The van der Waals surface area contributed by atoms with Gasteiger partial charge in [0.05, 0.1) is 5.69 Å². The van der Waals surface area contributed by atoms with Crippen molar-refractivity contribution < 1.29 is 0 Å². The molecule has 0 atom stereocenters. The highest BCUT2D eigenvalue weighted by atomic mass is 32.2. The summed E-state index contributed by atoms with van der Waals surface area (Å²) in [6, 6.07) is 10.1. The van der Waals surface area contributed by atoms with Crippen LogP contribution < -0.4 is 11.5 Å². The third-order valence-electron chi connectivity index (χ3n) is 4.05. The second-order valence-corrected chi connectivity index (χ2v) is 7.08. The molecule has 0 amide bonds. The van der Waals surface area contributed by atoms with Gasteiger partial charge in [-0.2, -0.15) is 10.2 Å². The molecular weight excluding hydrogens is 306 g/mol. The molecule has 0 radical (unpaired) electrons. The van der Waals surface area contributed by atoms with E-state index < -0.39 is 0 Å². The Bertz CT molecular complexity index is 730. The number of anilines is 2. The van der Waals surface area contributed by atoms with Gasteiger partial charge < -0.3 is 11.5 Å². The molecule has 1 saturated carbocycles. The van der Waals surface area contributed by atoms with Crippen LogP contribution in [0.2, 0.25) is 0 Å². The van der Waals surface area contributed by atoms with E-state index in [1.54, 1.807) is 0 Å². The average Bonchev–Trinajstić information content (AvgIpc) is 2.56. The van der Waals surface area contributed by atoms with Crippen LogP contribution in [0.1, 0.15) is 37.7 Å². The van der Waals surface area contributed by atoms with Gasteiger partial charge in [-0.05, 0) is 25.0 Å². The van der Waals surface area contributed by atoms with E-state index in [-0.39, 0.29) is 17.3 Å². The number of aromatic nitrogens is 2. The van der Waals surface area contributed by atoms with Gasteiger partial charge in [0.1, 0.15) is 17.5 Å². The van der Waals surface area contributed by atoms with E-state index in [4.69, 9.17) is 11.5 Å². The molecule has 0 unspecified atom stereocenters. The molecule has 5 nitrogen and oxygen atoms in total. The maximum absolute atomic E-state index is 9.27. The predicted molar refractivity (Wildman–Crippen MR) is 93.7 cm³/mol. The fourth-order valence-corrected chi connectivity index (χ4v) is 4.13. The minimum atomic E-state index is 0.0807. The van der Waals surface area contributed by atoms with Gasteiger partial charge in [-0.3, -0.25) is 0 Å². The molecule has 1 aliphatic rings. The van der Waals surface area contributed by atoms with E-state index >= 15 is 0 Å². The lowest BCUT2D eigenvalue weighted by atomic mass is 10.0. The topological polar surface area (TPSA) is 102 Å². The second-order valence-electron chi connectivity index (χ2n) is 5.70. The first-order valence-corrected chi connectivity index (χ1v) is 8.65. The summed E-state index contributed by atoms with van der Waals surface area (Å²) in [4.78, 5) is 9.27. The molecule has 2 aromatic rings. The number of hydrogen-bond donors (Lipinski definition) is 2. The van der Waals surface area contributed by atoms with Gasteiger partial charge in [-0.25, -0.2) is 4.98 Å². The normalized spacial score (nSPS) is 15.3. The van der Waals surface area contributed by atoms with Crippen molar-refractivity contribution in [3.8, 4) is 17.3 Å². The molecule has 6 heteroatoms. The molecule has 4 N–H and O–H groups in total. The lowest BCUT2D eigenvalue weighted by Crippen LogP contribution is -2.07. The van der Waals surface area contributed by atoms with Crippen LogP contribution in [0.5, 0.6) is 0 Å². The van der Waals surface area contributed by atoms with Crippen molar-refractivity contribution in [2.24, 2.45) is 0 Å². The zero-order valence-electron chi connectivity index (χ0n) is 12.8. The van der Waals surface area contributed by atoms with Crippen LogP contribution >= 0.6 is 11.8 Å². The number of rotatable bonds is 3. The van der Waals surface area contributed by atoms with Gasteiger partial charge in [0.15, 0.2) is 0 Å². The summed E-state index contributed by atoms with van der Waals surface area (Å²) in [5, 5.41) is 9.98. The molecule has 1 aliphatic carbocycles. The van der Waals surface area contributed by atoms with Crippen molar-refractivity contribution in [3.63, 3.8) is 0 Å². The Balaban J connectivity index is 1.84. The van der Waals surface area contributed by atoms with Crippen LogP contribution in [0.25, 0.3) is 11.3 Å². The van der Waals surface area contributed by atoms with Crippen LogP contribution in [0, 0.1) is 11.3 Å². The maximum atomic E-state index is 9.27. The lowest BCUT2D eigenvalue weighted by molar-refractivity contribution is 0.516. The van der Waals surface area contributed by atoms with Crippen LogP contribution in [0.3, 0.4) is 0 Å². The highest BCUT2D eigenvalue weighted by Gasteiger charge is 2.16. The smallest absolute Gasteiger partial charge is 0.222 e. The molecule has 1 fully saturated rings. The molecule has 0 aliphatic heterocycles. The molecular formula is C17H19N5S. The molecule has 0 spiro atoms. The van der Waals surface area contributed by atoms with E-state index in [0.29, 0.717) is 5.69 Å². The number of nitrogen functional groups attached to an aromatic ring is 2. The van der Waals surface area contributed by atoms with Crippen molar-refractivity contribution in [1.82, 2.24) is 9.97 Å². The highest BCUT2D eigenvalue weighted by Crippen LogP contribution is 2.34. The van der Waals surface area contributed by atoms with Crippen molar-refractivity contribution in [2.75, 3.05) is 11.5 Å². The molecule has 0 bridgehead atoms. The van der Waals surface area contributed by atoms with E-state index in [9.17, 15) is 5.26 Å². The number of benzene rings is 1. The summed E-state index contributed by atoms with van der Waals surface area (Å²) in [5.74, 6) is 0.202. The maximum Gasteiger partial charge on any atom is 0.222 e. The van der Waals surface area contributed by atoms with Crippen molar-refractivity contribution >= 4 is 23.5 Å². The number of nitrogens with zero attached hydrogens (tertiary/aromatic N) is 3. The largest absolute Gasteiger partial charge is 0.382 e. The summed E-state index contributed by atoms with van der Waals surface area (Å²) < 4.78 is 0. The molecule has 1 heterocycles. The fourth-order valence-electron chi connectivity index (χ4n) is 2.88. The Morgan fingerprint density at radius 1 is 1.04 bits per heavy atom. The van der Waals surface area contributed by atoms with Gasteiger partial charge in [0, 0.05) is 15.7 Å². The zero-order chi connectivity index (χ0) is 16.2. The predicted octanol–water partition coefficient (Wildman–Crippen LogP) is 3.60. The number of thioether (sulfide) groups is 1. The van der Waals surface area contributed by atoms with Crippen LogP contribution in [0.4, 0.5) is 11.8 Å². The standard InChI is InChI=1S/C17H19N5S/c18-10-14-15(21-17(20)22-16(14)19)11-6-8-13(9-7-11)23-12-4-2-1-3-5-12/h6-9,12H,1-5H2,(H4,19,20,21,22). The summed E-state index contributed by atoms with van der Waals surface area (Å²) in [7, 11) is 0. The molecule has 1 aromatic carbocycles. The fraction of sp³-hybridized carbons (Fsp3) is 0.353. The van der Waals surface area contributed by atoms with E-state index in [1.807, 2.05) is 23.9 Å². The Labute approximate surface area is 140 Å². The molecule has 23 heavy (non-hydrogen) atoms. The summed E-state index contributed by atoms with van der Waals surface area (Å²) in [5.41, 5.74) is 13.0. The minimum Gasteiger partial charge on any atom is -0.382 e. The second kappa shape index (κ2) is 6.88. The highest BCUT2D eigenvalue weighted by molar-refractivity contribution is 8.00. The third-order valence-corrected chi connectivity index (χ3v) is 5.40. The number of hydrogen-bond acceptors (Lipinski definition) is 6. The van der Waals surface area contributed by atoms with Gasteiger partial charge in [-0.15, -0.1) is 11.8 Å². The van der Waals surface area contributed by atoms with Crippen molar-refractivity contribution in [1.29, 1.82) is 5.26 Å². The number of nitriles is 1. The first-order valence-electron chi connectivity index (χ1n) is 7.77. The Morgan fingerprint density at radius 3 is 2.39 bits per heavy atom. The zero-order valence-corrected chi connectivity index (χ0v) is 13.6. The Kier molecular flexibility index (Phi) is 4.68. The Hall–Kier alpha value is -2.26. The van der Waals surface area contributed by atoms with Gasteiger partial charge in [-0.1, -0.05) is 31.4 Å². The van der Waals surface area contributed by atoms with Crippen molar-refractivity contribution in [2.45, 2.75) is 42.2 Å². The number of nitrogens with two attached hydrogens (primary N) is 2. The first-order chi connectivity index (χ1) is 11.2. The van der Waals surface area contributed by atoms with Crippen LogP contribution in [-0.2, 0) is 0 Å². The molecule has 0 saturated heterocycles. The first kappa shape index (κ1) is 15.6. The minimum absolute atomic E-state index is 0.0807. The van der Waals surface area contributed by atoms with E-state index in [2.05, 4.69) is 28.2 Å². The van der Waals surface area contributed by atoms with Crippen LogP contribution in [-0.4, -0.2) is 15.2 Å². The molecule has 1 aromatic heterocycles. The molecule has 118 valence electrons.